The molecule has 0 radical (unpaired) electrons. The smallest absolute Gasteiger partial charge is 0.276 e. The molecule has 2 amide bonds. The first-order valence-electron chi connectivity index (χ1n) is 9.95. The van der Waals surface area contributed by atoms with Crippen molar-refractivity contribution >= 4 is 51.7 Å². The van der Waals surface area contributed by atoms with Crippen LogP contribution in [0.2, 0.25) is 0 Å². The van der Waals surface area contributed by atoms with Crippen LogP contribution in [0, 0.1) is 0 Å². The van der Waals surface area contributed by atoms with Crippen molar-refractivity contribution in [3.05, 3.63) is 59.3 Å². The van der Waals surface area contributed by atoms with Crippen molar-refractivity contribution in [2.45, 2.75) is 18.0 Å². The van der Waals surface area contributed by atoms with Crippen LogP contribution in [0.15, 0.2) is 58.7 Å². The average Bonchev–Trinajstić information content (AvgIpc) is 3.46. The molecule has 2 atom stereocenters. The zero-order valence-corrected chi connectivity index (χ0v) is 19.0. The van der Waals surface area contributed by atoms with Gasteiger partial charge in [0, 0.05) is 29.8 Å². The highest BCUT2D eigenvalue weighted by Crippen LogP contribution is 2.40. The number of carboxylic acids is 1. The van der Waals surface area contributed by atoms with E-state index in [0.717, 1.165) is 21.9 Å². The summed E-state index contributed by atoms with van der Waals surface area (Å²) in [6.45, 7) is 0.262. The van der Waals surface area contributed by atoms with Crippen molar-refractivity contribution in [3.8, 4) is 5.69 Å². The van der Waals surface area contributed by atoms with E-state index in [9.17, 15) is 24.7 Å². The molecule has 4 N–H and O–H groups in total. The van der Waals surface area contributed by atoms with E-state index in [1.807, 2.05) is 46.1 Å². The lowest BCUT2D eigenvalue weighted by atomic mass is 10.0. The van der Waals surface area contributed by atoms with Gasteiger partial charge in [-0.2, -0.15) is 4.57 Å². The fraction of sp³-hybridized carbons (Fsp3) is 0.200. The fourth-order valence-electron chi connectivity index (χ4n) is 3.95. The van der Waals surface area contributed by atoms with Crippen molar-refractivity contribution < 1.29 is 29.3 Å². The summed E-state index contributed by atoms with van der Waals surface area (Å²) >= 11 is 2.39. The first kappa shape index (κ1) is 21.9. The summed E-state index contributed by atoms with van der Waals surface area (Å²) in [4.78, 5) is 42.5. The number of hydrogen-bond donors (Lipinski definition) is 3. The Hall–Kier alpha value is -3.91. The van der Waals surface area contributed by atoms with E-state index in [1.165, 1.54) is 17.1 Å². The predicted octanol–water partition coefficient (Wildman–Crippen LogP) is -1.48. The van der Waals surface area contributed by atoms with Crippen molar-refractivity contribution in [3.63, 3.8) is 0 Å². The highest BCUT2D eigenvalue weighted by Gasteiger charge is 2.53. The Morgan fingerprint density at radius 1 is 1.41 bits per heavy atom. The molecular weight excluding hydrogens is 482 g/mol. The molecule has 0 bridgehead atoms. The van der Waals surface area contributed by atoms with Crippen LogP contribution in [0.5, 0.6) is 0 Å². The van der Waals surface area contributed by atoms with Gasteiger partial charge in [-0.05, 0) is 5.57 Å². The standard InChI is InChI=1S/C20H17N7O5S2/c21-20-22-12(9-34-20)13(24-32)16(28)23-14-17(29)27-15(19(30)31)10(8-33-18(14)27)6-25-4-5-26-3-1-2-11(26)7-25/h1-5,7,9,14,18H,6,8H2,(H4-,21,22,23,28,30,31,32)/t14-,18-/m1/s1. The third-order valence-electron chi connectivity index (χ3n) is 5.51. The van der Waals surface area contributed by atoms with Gasteiger partial charge in [-0.25, -0.2) is 4.98 Å². The molecule has 34 heavy (non-hydrogen) atoms. The van der Waals surface area contributed by atoms with E-state index < -0.39 is 34.9 Å². The number of nitrogens with one attached hydrogen (secondary N) is 1. The number of thiazole rings is 1. The van der Waals surface area contributed by atoms with Gasteiger partial charge in [0.15, 0.2) is 23.2 Å². The lowest BCUT2D eigenvalue weighted by Crippen LogP contribution is -2.71. The van der Waals surface area contributed by atoms with Crippen molar-refractivity contribution in [1.29, 1.82) is 0 Å². The van der Waals surface area contributed by atoms with Crippen molar-refractivity contribution in [2.75, 3.05) is 11.5 Å². The molecule has 1 fully saturated rings. The minimum atomic E-state index is -1.46. The third kappa shape index (κ3) is 3.66. The molecule has 14 heteroatoms. The summed E-state index contributed by atoms with van der Waals surface area (Å²) in [6.07, 6.45) is 7.43. The summed E-state index contributed by atoms with van der Waals surface area (Å²) in [6, 6.07) is 2.83. The van der Waals surface area contributed by atoms with Crippen molar-refractivity contribution in [2.24, 2.45) is 5.16 Å². The maximum atomic E-state index is 12.9. The van der Waals surface area contributed by atoms with E-state index in [2.05, 4.69) is 15.5 Å². The first-order valence-corrected chi connectivity index (χ1v) is 11.9. The Morgan fingerprint density at radius 2 is 2.24 bits per heavy atom. The molecule has 174 valence electrons. The second-order valence-electron chi connectivity index (χ2n) is 7.56. The van der Waals surface area contributed by atoms with Crippen LogP contribution in [0.25, 0.3) is 5.69 Å². The minimum Gasteiger partial charge on any atom is -0.543 e. The Bertz CT molecular complexity index is 1350. The zero-order chi connectivity index (χ0) is 24.0. The largest absolute Gasteiger partial charge is 0.543 e. The number of aliphatic carboxylic acids is 1. The van der Waals surface area contributed by atoms with Crippen LogP contribution in [0.1, 0.15) is 5.69 Å². The lowest BCUT2D eigenvalue weighted by molar-refractivity contribution is -0.593. The Morgan fingerprint density at radius 3 is 2.94 bits per heavy atom. The molecule has 4 aliphatic rings. The average molecular weight is 500 g/mol. The van der Waals surface area contributed by atoms with Gasteiger partial charge < -0.3 is 30.7 Å². The molecule has 1 aromatic rings. The van der Waals surface area contributed by atoms with E-state index in [-0.39, 0.29) is 23.1 Å². The number of nitrogens with two attached hydrogens (primary N) is 1. The molecule has 5 heterocycles. The SMILES string of the molecule is Nc1nc(/C(=N/O)C(=O)N[C@@H]2C(=O)N3C(C(=O)[O-])=C(Cn4cc[n+]5cccc-5c4)CS[C@H]23)cs1. The van der Waals surface area contributed by atoms with Gasteiger partial charge in [0.1, 0.15) is 17.1 Å². The van der Waals surface area contributed by atoms with E-state index >= 15 is 0 Å². The summed E-state index contributed by atoms with van der Waals surface area (Å²) in [5, 5.41) is 27.7. The lowest BCUT2D eigenvalue weighted by Gasteiger charge is -2.50. The summed E-state index contributed by atoms with van der Waals surface area (Å²) < 4.78 is 3.76. The topological polar surface area (TPSA) is 170 Å². The van der Waals surface area contributed by atoms with Gasteiger partial charge in [0.2, 0.25) is 5.69 Å². The Labute approximate surface area is 200 Å². The molecule has 0 unspecified atom stereocenters. The number of oxime groups is 1. The van der Waals surface area contributed by atoms with Crippen LogP contribution >= 0.6 is 23.1 Å². The molecule has 12 nitrogen and oxygen atoms in total. The third-order valence-corrected chi connectivity index (χ3v) is 7.52. The van der Waals surface area contributed by atoms with Crippen LogP contribution < -0.4 is 20.7 Å². The number of nitrogens with zero attached hydrogens (tertiary/aromatic N) is 5. The molecule has 0 spiro atoms. The van der Waals surface area contributed by atoms with E-state index in [0.29, 0.717) is 11.3 Å². The number of carboxylic acid groups (broad SMARTS) is 1. The number of nitrogen functional groups attached to an aromatic ring is 1. The van der Waals surface area contributed by atoms with Crippen LogP contribution in [-0.2, 0) is 20.9 Å². The summed E-state index contributed by atoms with van der Waals surface area (Å²) in [7, 11) is 0. The number of aromatic nitrogens is 3. The quantitative estimate of drug-likeness (QED) is 0.121. The fourth-order valence-corrected chi connectivity index (χ4v) is 5.84. The van der Waals surface area contributed by atoms with E-state index in [4.69, 9.17) is 5.73 Å². The number of carbonyl (C=O) groups excluding carboxylic acids is 3. The number of β-lactam (4-membered cyclic amide) rings is 1. The van der Waals surface area contributed by atoms with Gasteiger partial charge in [-0.1, -0.05) is 5.16 Å². The predicted molar refractivity (Wildman–Crippen MR) is 119 cm³/mol. The monoisotopic (exact) mass is 499 g/mol. The summed E-state index contributed by atoms with van der Waals surface area (Å²) in [5.74, 6) is -2.55. The van der Waals surface area contributed by atoms with Gasteiger partial charge in [0.05, 0.1) is 24.1 Å². The molecule has 0 aliphatic carbocycles. The molecule has 5 rings (SSSR count). The van der Waals surface area contributed by atoms with Crippen molar-refractivity contribution in [1.82, 2.24) is 19.8 Å². The Kier molecular flexibility index (Phi) is 5.45. The number of fused-ring (bicyclic) bond motifs is 2. The first-order chi connectivity index (χ1) is 16.4. The number of carbonyl (C=O) groups is 3. The molecule has 0 aromatic carbocycles. The molecule has 1 aromatic heterocycles. The van der Waals surface area contributed by atoms with E-state index in [1.54, 1.807) is 0 Å². The van der Waals surface area contributed by atoms with Crippen LogP contribution in [-0.4, -0.2) is 60.3 Å². The molecule has 4 aliphatic heterocycles. The molecule has 1 saturated heterocycles. The number of rotatable bonds is 6. The highest BCUT2D eigenvalue weighted by molar-refractivity contribution is 8.00. The second kappa shape index (κ2) is 8.46. The highest BCUT2D eigenvalue weighted by atomic mass is 32.2. The number of thioether (sulfide) groups is 1. The molecular formula is C20H17N7O5S2. The number of amides is 2. The normalized spacial score (nSPS) is 20.3. The van der Waals surface area contributed by atoms with Gasteiger partial charge in [-0.3, -0.25) is 14.5 Å². The Balaban J connectivity index is 1.35. The minimum absolute atomic E-state index is 0.0667. The van der Waals surface area contributed by atoms with Crippen LogP contribution in [0.3, 0.4) is 0 Å². The van der Waals surface area contributed by atoms with Gasteiger partial charge in [-0.15, -0.1) is 23.1 Å². The summed E-state index contributed by atoms with van der Waals surface area (Å²) in [5.41, 5.74) is 6.50. The van der Waals surface area contributed by atoms with Gasteiger partial charge >= 0.3 is 0 Å². The van der Waals surface area contributed by atoms with Crippen LogP contribution in [0.4, 0.5) is 5.13 Å². The molecule has 0 saturated carbocycles. The van der Waals surface area contributed by atoms with Gasteiger partial charge in [0.25, 0.3) is 11.8 Å². The maximum Gasteiger partial charge on any atom is 0.276 e. The second-order valence-corrected chi connectivity index (χ2v) is 9.55. The maximum absolute atomic E-state index is 12.9. The zero-order valence-electron chi connectivity index (χ0n) is 17.3. The number of anilines is 1. The number of hydrogen-bond acceptors (Lipinski definition) is 10.